The van der Waals surface area contributed by atoms with E-state index in [4.69, 9.17) is 0 Å². The minimum absolute atomic E-state index is 0.219. The van der Waals surface area contributed by atoms with Gasteiger partial charge in [0.15, 0.2) is 5.92 Å². The van der Waals surface area contributed by atoms with E-state index in [1.54, 1.807) is 0 Å². The molecule has 0 spiro atoms. The summed E-state index contributed by atoms with van der Waals surface area (Å²) in [4.78, 5) is 21.2. The first-order valence-corrected chi connectivity index (χ1v) is 4.33. The number of carbonyl (C=O) groups is 2. The Kier molecular flexibility index (Phi) is 5.00. The van der Waals surface area contributed by atoms with Crippen LogP contribution in [0, 0.1) is 5.92 Å². The lowest BCUT2D eigenvalue weighted by Crippen LogP contribution is -2.32. The molecule has 0 fully saturated rings. The third-order valence-corrected chi connectivity index (χ3v) is 1.63. The average molecular weight is 239 g/mol. The smallest absolute Gasteiger partial charge is 0.405 e. The standard InChI is InChI=1S/C9H11F3O4/c1-3-16-8(15)6(9(10,11)12)4-5(2)7(13)14/h4,6H,3H2,1-2H3,(H,13,14)/p-1. The fraction of sp³-hybridized carbons (Fsp3) is 0.556. The monoisotopic (exact) mass is 239 g/mol. The Hall–Kier alpha value is -1.53. The maximum absolute atomic E-state index is 12.4. The van der Waals surface area contributed by atoms with E-state index in [9.17, 15) is 27.9 Å². The number of ether oxygens (including phenoxy) is 1. The second-order valence-electron chi connectivity index (χ2n) is 2.91. The first-order valence-electron chi connectivity index (χ1n) is 4.33. The van der Waals surface area contributed by atoms with E-state index in [1.165, 1.54) is 6.92 Å². The molecular formula is C9H10F3O4-. The van der Waals surface area contributed by atoms with Gasteiger partial charge in [-0.2, -0.15) is 13.2 Å². The molecule has 0 aliphatic rings. The quantitative estimate of drug-likeness (QED) is 0.527. The van der Waals surface area contributed by atoms with Crippen molar-refractivity contribution >= 4 is 11.9 Å². The van der Waals surface area contributed by atoms with Gasteiger partial charge in [-0.1, -0.05) is 6.08 Å². The van der Waals surface area contributed by atoms with E-state index >= 15 is 0 Å². The lowest BCUT2D eigenvalue weighted by Gasteiger charge is -2.16. The zero-order chi connectivity index (χ0) is 12.9. The highest BCUT2D eigenvalue weighted by Gasteiger charge is 2.44. The van der Waals surface area contributed by atoms with E-state index in [1.807, 2.05) is 0 Å². The normalized spacial score (nSPS) is 14.4. The maximum Gasteiger partial charge on any atom is 0.405 e. The zero-order valence-electron chi connectivity index (χ0n) is 8.63. The number of esters is 1. The largest absolute Gasteiger partial charge is 0.545 e. The molecule has 7 heteroatoms. The molecule has 92 valence electrons. The molecule has 0 heterocycles. The first kappa shape index (κ1) is 14.5. The Labute approximate surface area is 89.7 Å². The highest BCUT2D eigenvalue weighted by atomic mass is 19.4. The van der Waals surface area contributed by atoms with Crippen molar-refractivity contribution in [1.29, 1.82) is 0 Å². The highest BCUT2D eigenvalue weighted by molar-refractivity contribution is 5.86. The number of rotatable bonds is 4. The van der Waals surface area contributed by atoms with Crippen LogP contribution in [-0.4, -0.2) is 24.7 Å². The first-order chi connectivity index (χ1) is 7.20. The topological polar surface area (TPSA) is 66.4 Å². The molecule has 0 aliphatic carbocycles. The van der Waals surface area contributed by atoms with Crippen LogP contribution < -0.4 is 5.11 Å². The van der Waals surface area contributed by atoms with Gasteiger partial charge in [0, 0.05) is 0 Å². The predicted molar refractivity (Wildman–Crippen MR) is 44.9 cm³/mol. The third-order valence-electron chi connectivity index (χ3n) is 1.63. The van der Waals surface area contributed by atoms with Gasteiger partial charge >= 0.3 is 12.1 Å². The van der Waals surface area contributed by atoms with Crippen LogP contribution in [0.4, 0.5) is 13.2 Å². The van der Waals surface area contributed by atoms with Crippen molar-refractivity contribution in [3.63, 3.8) is 0 Å². The number of hydrogen-bond acceptors (Lipinski definition) is 4. The maximum atomic E-state index is 12.4. The molecule has 0 rings (SSSR count). The molecular weight excluding hydrogens is 229 g/mol. The Bertz CT molecular complexity index is 306. The van der Waals surface area contributed by atoms with Crippen molar-refractivity contribution < 1.29 is 32.6 Å². The summed E-state index contributed by atoms with van der Waals surface area (Å²) in [7, 11) is 0. The molecule has 4 nitrogen and oxygen atoms in total. The van der Waals surface area contributed by atoms with E-state index in [0.717, 1.165) is 6.92 Å². The number of carboxylic acids is 1. The molecule has 0 bridgehead atoms. The molecule has 0 aromatic carbocycles. The van der Waals surface area contributed by atoms with Gasteiger partial charge in [0.2, 0.25) is 0 Å². The fourth-order valence-corrected chi connectivity index (χ4v) is 0.846. The van der Waals surface area contributed by atoms with Gasteiger partial charge in [-0.3, -0.25) is 4.79 Å². The van der Waals surface area contributed by atoms with Crippen LogP contribution in [0.25, 0.3) is 0 Å². The summed E-state index contributed by atoms with van der Waals surface area (Å²) in [5.74, 6) is -5.88. The molecule has 0 aromatic heterocycles. The van der Waals surface area contributed by atoms with Crippen molar-refractivity contribution in [2.75, 3.05) is 6.61 Å². The fourth-order valence-electron chi connectivity index (χ4n) is 0.846. The number of halogens is 3. The van der Waals surface area contributed by atoms with Gasteiger partial charge < -0.3 is 14.6 Å². The average Bonchev–Trinajstić information content (AvgIpc) is 2.11. The molecule has 1 unspecified atom stereocenters. The van der Waals surface area contributed by atoms with Crippen LogP contribution in [0.1, 0.15) is 13.8 Å². The minimum atomic E-state index is -4.89. The second kappa shape index (κ2) is 5.53. The van der Waals surface area contributed by atoms with Crippen molar-refractivity contribution in [2.45, 2.75) is 20.0 Å². The van der Waals surface area contributed by atoms with Crippen molar-refractivity contribution in [1.82, 2.24) is 0 Å². The summed E-state index contributed by atoms with van der Waals surface area (Å²) in [5.41, 5.74) is -0.671. The van der Waals surface area contributed by atoms with Crippen LogP contribution in [0.15, 0.2) is 11.6 Å². The van der Waals surface area contributed by atoms with E-state index < -0.39 is 29.6 Å². The van der Waals surface area contributed by atoms with Crippen molar-refractivity contribution in [2.24, 2.45) is 5.92 Å². The molecule has 0 aliphatic heterocycles. The lowest BCUT2D eigenvalue weighted by molar-refractivity contribution is -0.299. The third kappa shape index (κ3) is 4.33. The Morgan fingerprint density at radius 1 is 1.44 bits per heavy atom. The Morgan fingerprint density at radius 2 is 1.94 bits per heavy atom. The van der Waals surface area contributed by atoms with Gasteiger partial charge in [-0.15, -0.1) is 0 Å². The summed E-state index contributed by atoms with van der Waals surface area (Å²) in [6, 6.07) is 0. The van der Waals surface area contributed by atoms with Crippen LogP contribution in [0.5, 0.6) is 0 Å². The predicted octanol–water partition coefficient (Wildman–Crippen LogP) is 0.424. The van der Waals surface area contributed by atoms with Crippen LogP contribution in [0.3, 0.4) is 0 Å². The lowest BCUT2D eigenvalue weighted by atomic mass is 10.1. The van der Waals surface area contributed by atoms with Crippen molar-refractivity contribution in [3.8, 4) is 0 Å². The summed E-state index contributed by atoms with van der Waals surface area (Å²) in [6.45, 7) is 2.04. The highest BCUT2D eigenvalue weighted by Crippen LogP contribution is 2.29. The summed E-state index contributed by atoms with van der Waals surface area (Å²) < 4.78 is 41.3. The minimum Gasteiger partial charge on any atom is -0.545 e. The number of aliphatic carboxylic acids is 1. The van der Waals surface area contributed by atoms with Crippen LogP contribution >= 0.6 is 0 Å². The van der Waals surface area contributed by atoms with Gasteiger partial charge in [0.1, 0.15) is 0 Å². The molecule has 0 amide bonds. The second-order valence-corrected chi connectivity index (χ2v) is 2.91. The van der Waals surface area contributed by atoms with E-state index in [-0.39, 0.29) is 12.7 Å². The molecule has 1 atom stereocenters. The number of alkyl halides is 3. The molecule has 0 saturated heterocycles. The van der Waals surface area contributed by atoms with Crippen LogP contribution in [-0.2, 0) is 14.3 Å². The van der Waals surface area contributed by atoms with Gasteiger partial charge in [0.25, 0.3) is 0 Å². The van der Waals surface area contributed by atoms with Crippen molar-refractivity contribution in [3.05, 3.63) is 11.6 Å². The van der Waals surface area contributed by atoms with Gasteiger partial charge in [-0.05, 0) is 19.4 Å². The SMILES string of the molecule is CCOC(=O)C(C=C(C)C(=O)[O-])C(F)(F)F. The molecule has 16 heavy (non-hydrogen) atoms. The molecule has 0 radical (unpaired) electrons. The van der Waals surface area contributed by atoms with Crippen LogP contribution in [0.2, 0.25) is 0 Å². The molecule has 0 saturated carbocycles. The van der Waals surface area contributed by atoms with E-state index in [0.29, 0.717) is 0 Å². The number of carbonyl (C=O) groups excluding carboxylic acids is 2. The number of carboxylic acid groups (broad SMARTS) is 1. The summed E-state index contributed by atoms with van der Waals surface area (Å²) in [5, 5.41) is 10.2. The van der Waals surface area contributed by atoms with Gasteiger partial charge in [0.05, 0.1) is 12.6 Å². The Morgan fingerprint density at radius 3 is 2.25 bits per heavy atom. The summed E-state index contributed by atoms with van der Waals surface area (Å²) in [6.07, 6.45) is -4.61. The Balaban J connectivity index is 5.05. The number of hydrogen-bond donors (Lipinski definition) is 0. The zero-order valence-corrected chi connectivity index (χ0v) is 8.63. The van der Waals surface area contributed by atoms with E-state index in [2.05, 4.69) is 4.74 Å². The molecule has 0 aromatic rings. The summed E-state index contributed by atoms with van der Waals surface area (Å²) >= 11 is 0. The molecule has 0 N–H and O–H groups in total. The van der Waals surface area contributed by atoms with Gasteiger partial charge in [-0.25, -0.2) is 0 Å².